The summed E-state index contributed by atoms with van der Waals surface area (Å²) in [7, 11) is 0. The van der Waals surface area contributed by atoms with E-state index in [0.29, 0.717) is 23.7 Å². The van der Waals surface area contributed by atoms with Gasteiger partial charge in [0.05, 0.1) is 11.3 Å². The lowest BCUT2D eigenvalue weighted by Crippen LogP contribution is -2.36. The van der Waals surface area contributed by atoms with Gasteiger partial charge in [-0.05, 0) is 49.6 Å². The number of aromatic carboxylic acids is 1. The predicted octanol–water partition coefficient (Wildman–Crippen LogP) is 3.31. The van der Waals surface area contributed by atoms with Crippen molar-refractivity contribution in [1.29, 1.82) is 0 Å². The molecule has 7 nitrogen and oxygen atoms in total. The Labute approximate surface area is 161 Å². The van der Waals surface area contributed by atoms with E-state index in [2.05, 4.69) is 10.3 Å². The Hall–Kier alpha value is -2.93. The highest BCUT2D eigenvalue weighted by atomic mass is 35.5. The number of rotatable bonds is 4. The third-order valence-corrected chi connectivity index (χ3v) is 4.58. The van der Waals surface area contributed by atoms with E-state index in [4.69, 9.17) is 16.7 Å². The van der Waals surface area contributed by atoms with Gasteiger partial charge in [0.1, 0.15) is 5.69 Å². The summed E-state index contributed by atoms with van der Waals surface area (Å²) in [6, 6.07) is 7.27. The Morgan fingerprint density at radius 2 is 1.81 bits per heavy atom. The number of nitrogens with one attached hydrogen (secondary N) is 1. The van der Waals surface area contributed by atoms with Crippen molar-refractivity contribution < 1.29 is 19.5 Å². The average Bonchev–Trinajstić information content (AvgIpc) is 2.68. The lowest BCUT2D eigenvalue weighted by Gasteiger charge is -2.27. The molecule has 0 saturated carbocycles. The first-order valence-corrected chi connectivity index (χ1v) is 8.93. The minimum absolute atomic E-state index is 0.124. The van der Waals surface area contributed by atoms with E-state index in [1.54, 1.807) is 17.0 Å². The molecule has 2 aromatic rings. The molecule has 27 heavy (non-hydrogen) atoms. The van der Waals surface area contributed by atoms with Crippen LogP contribution in [-0.2, 0) is 0 Å². The van der Waals surface area contributed by atoms with Crippen molar-refractivity contribution in [2.24, 2.45) is 0 Å². The fourth-order valence-electron chi connectivity index (χ4n) is 2.96. The standard InChI is InChI=1S/C19H18ClN3O4/c20-13-4-5-14(18(25)23-8-2-1-3-9-23)15(11-13)22-17(24)12-6-7-21-16(10-12)19(26)27/h4-7,10-11H,1-3,8-9H2,(H,22,24)(H,26,27). The van der Waals surface area contributed by atoms with Crippen molar-refractivity contribution in [3.8, 4) is 0 Å². The lowest BCUT2D eigenvalue weighted by atomic mass is 10.1. The van der Waals surface area contributed by atoms with E-state index in [1.165, 1.54) is 24.4 Å². The zero-order chi connectivity index (χ0) is 19.4. The number of aromatic nitrogens is 1. The minimum atomic E-state index is -1.23. The van der Waals surface area contributed by atoms with Crippen LogP contribution in [0.1, 0.15) is 50.5 Å². The van der Waals surface area contributed by atoms with Crippen molar-refractivity contribution in [2.75, 3.05) is 18.4 Å². The summed E-state index contributed by atoms with van der Waals surface area (Å²) in [4.78, 5) is 41.9. The maximum Gasteiger partial charge on any atom is 0.354 e. The van der Waals surface area contributed by atoms with Gasteiger partial charge in [0.15, 0.2) is 0 Å². The number of carbonyl (C=O) groups is 3. The van der Waals surface area contributed by atoms with E-state index in [9.17, 15) is 14.4 Å². The summed E-state index contributed by atoms with van der Waals surface area (Å²) < 4.78 is 0. The van der Waals surface area contributed by atoms with Gasteiger partial charge in [-0.25, -0.2) is 9.78 Å². The molecule has 1 aromatic heterocycles. The van der Waals surface area contributed by atoms with Gasteiger partial charge in [-0.15, -0.1) is 0 Å². The number of hydrogen-bond donors (Lipinski definition) is 2. The zero-order valence-corrected chi connectivity index (χ0v) is 15.2. The van der Waals surface area contributed by atoms with Crippen LogP contribution in [0.2, 0.25) is 5.02 Å². The molecule has 2 amide bonds. The highest BCUT2D eigenvalue weighted by Gasteiger charge is 2.22. The average molecular weight is 388 g/mol. The van der Waals surface area contributed by atoms with Gasteiger partial charge in [-0.1, -0.05) is 11.6 Å². The van der Waals surface area contributed by atoms with Crippen LogP contribution in [-0.4, -0.2) is 45.9 Å². The molecule has 2 heterocycles. The minimum Gasteiger partial charge on any atom is -0.477 e. The molecule has 0 unspecified atom stereocenters. The van der Waals surface area contributed by atoms with Crippen molar-refractivity contribution >= 4 is 35.1 Å². The van der Waals surface area contributed by atoms with Crippen LogP contribution >= 0.6 is 11.6 Å². The van der Waals surface area contributed by atoms with E-state index in [0.717, 1.165) is 19.3 Å². The Morgan fingerprint density at radius 1 is 1.07 bits per heavy atom. The number of amides is 2. The number of carboxylic acid groups (broad SMARTS) is 1. The van der Waals surface area contributed by atoms with Crippen LogP contribution < -0.4 is 5.32 Å². The summed E-state index contributed by atoms with van der Waals surface area (Å²) in [5, 5.41) is 12.1. The van der Waals surface area contributed by atoms with Gasteiger partial charge in [0.2, 0.25) is 0 Å². The number of hydrogen-bond acceptors (Lipinski definition) is 4. The number of nitrogens with zero attached hydrogens (tertiary/aromatic N) is 2. The molecule has 1 aliphatic rings. The van der Waals surface area contributed by atoms with Crippen molar-refractivity contribution in [3.05, 3.63) is 58.4 Å². The molecule has 2 N–H and O–H groups in total. The number of carboxylic acids is 1. The molecule has 0 atom stereocenters. The monoisotopic (exact) mass is 387 g/mol. The van der Waals surface area contributed by atoms with Gasteiger partial charge in [0.25, 0.3) is 11.8 Å². The van der Waals surface area contributed by atoms with E-state index in [1.807, 2.05) is 0 Å². The van der Waals surface area contributed by atoms with Crippen LogP contribution in [0.15, 0.2) is 36.5 Å². The predicted molar refractivity (Wildman–Crippen MR) is 100 cm³/mol. The van der Waals surface area contributed by atoms with Crippen LogP contribution in [0.25, 0.3) is 0 Å². The second-order valence-corrected chi connectivity index (χ2v) is 6.67. The Kier molecular flexibility index (Phi) is 5.71. The summed E-state index contributed by atoms with van der Waals surface area (Å²) in [5.74, 6) is -1.94. The van der Waals surface area contributed by atoms with Gasteiger partial charge in [-0.3, -0.25) is 9.59 Å². The first kappa shape index (κ1) is 18.8. The molecular weight excluding hydrogens is 370 g/mol. The summed E-state index contributed by atoms with van der Waals surface area (Å²) in [6.07, 6.45) is 4.25. The quantitative estimate of drug-likeness (QED) is 0.838. The van der Waals surface area contributed by atoms with E-state index in [-0.39, 0.29) is 22.9 Å². The molecule has 140 valence electrons. The first-order valence-electron chi connectivity index (χ1n) is 8.55. The SMILES string of the molecule is O=C(Nc1cc(Cl)ccc1C(=O)N1CCCCC1)c1ccnc(C(=O)O)c1. The molecule has 1 fully saturated rings. The zero-order valence-electron chi connectivity index (χ0n) is 14.4. The van der Waals surface area contributed by atoms with Crippen LogP contribution in [0.5, 0.6) is 0 Å². The molecule has 0 spiro atoms. The van der Waals surface area contributed by atoms with Crippen molar-refractivity contribution in [2.45, 2.75) is 19.3 Å². The second-order valence-electron chi connectivity index (χ2n) is 6.23. The van der Waals surface area contributed by atoms with Gasteiger partial charge >= 0.3 is 5.97 Å². The second kappa shape index (κ2) is 8.18. The number of pyridine rings is 1. The van der Waals surface area contributed by atoms with Crippen molar-refractivity contribution in [3.63, 3.8) is 0 Å². The normalized spacial score (nSPS) is 13.9. The molecule has 1 aromatic carbocycles. The smallest absolute Gasteiger partial charge is 0.354 e. The number of anilines is 1. The Balaban J connectivity index is 1.86. The highest BCUT2D eigenvalue weighted by Crippen LogP contribution is 2.24. The van der Waals surface area contributed by atoms with Gasteiger partial charge in [0, 0.05) is 29.9 Å². The van der Waals surface area contributed by atoms with Gasteiger partial charge < -0.3 is 15.3 Å². The summed E-state index contributed by atoms with van der Waals surface area (Å²) in [5.41, 5.74) is 0.524. The number of halogens is 1. The third-order valence-electron chi connectivity index (χ3n) is 4.34. The van der Waals surface area contributed by atoms with Crippen LogP contribution in [0.3, 0.4) is 0 Å². The summed E-state index contributed by atoms with van der Waals surface area (Å²) in [6.45, 7) is 1.36. The van der Waals surface area contributed by atoms with Crippen LogP contribution in [0, 0.1) is 0 Å². The maximum absolute atomic E-state index is 12.8. The van der Waals surface area contributed by atoms with Crippen LogP contribution in [0.4, 0.5) is 5.69 Å². The van der Waals surface area contributed by atoms with Crippen molar-refractivity contribution in [1.82, 2.24) is 9.88 Å². The third kappa shape index (κ3) is 4.43. The fourth-order valence-corrected chi connectivity index (χ4v) is 3.13. The first-order chi connectivity index (χ1) is 13.0. The number of likely N-dealkylation sites (tertiary alicyclic amines) is 1. The maximum atomic E-state index is 12.8. The number of carbonyl (C=O) groups excluding carboxylic acids is 2. The Bertz CT molecular complexity index is 894. The topological polar surface area (TPSA) is 99.6 Å². The lowest BCUT2D eigenvalue weighted by molar-refractivity contribution is 0.0688. The fraction of sp³-hybridized carbons (Fsp3) is 0.263. The molecule has 0 bridgehead atoms. The number of benzene rings is 1. The molecule has 3 rings (SSSR count). The largest absolute Gasteiger partial charge is 0.477 e. The highest BCUT2D eigenvalue weighted by molar-refractivity contribution is 6.31. The molecule has 1 aliphatic heterocycles. The molecule has 0 aliphatic carbocycles. The van der Waals surface area contributed by atoms with E-state index < -0.39 is 11.9 Å². The summed E-state index contributed by atoms with van der Waals surface area (Å²) >= 11 is 6.04. The number of piperidine rings is 1. The Morgan fingerprint density at radius 3 is 2.52 bits per heavy atom. The molecular formula is C19H18ClN3O4. The molecule has 0 radical (unpaired) electrons. The van der Waals surface area contributed by atoms with E-state index >= 15 is 0 Å². The van der Waals surface area contributed by atoms with Gasteiger partial charge in [-0.2, -0.15) is 0 Å². The molecule has 8 heteroatoms. The molecule has 1 saturated heterocycles.